The molecule has 1 aliphatic heterocycles. The summed E-state index contributed by atoms with van der Waals surface area (Å²) in [6.45, 7) is 4.35. The van der Waals surface area contributed by atoms with Gasteiger partial charge < -0.3 is 14.7 Å². The second-order valence-corrected chi connectivity index (χ2v) is 6.08. The number of carbonyl (C=O) groups is 2. The first kappa shape index (κ1) is 16.2. The summed E-state index contributed by atoms with van der Waals surface area (Å²) in [6.07, 6.45) is 2.76. The lowest BCUT2D eigenvalue weighted by atomic mass is 10.1. The molecule has 0 radical (unpaired) electrons. The minimum Gasteiger partial charge on any atom is -0.361 e. The maximum Gasteiger partial charge on any atom is 0.229 e. The van der Waals surface area contributed by atoms with Gasteiger partial charge in [0.05, 0.1) is 12.1 Å². The molecule has 2 aromatic rings. The fourth-order valence-electron chi connectivity index (χ4n) is 2.95. The molecule has 0 atom stereocenters. The van der Waals surface area contributed by atoms with Gasteiger partial charge in [-0.1, -0.05) is 11.2 Å². The average molecular weight is 327 g/mol. The van der Waals surface area contributed by atoms with Gasteiger partial charge >= 0.3 is 0 Å². The highest BCUT2D eigenvalue weighted by molar-refractivity contribution is 5.96. The Morgan fingerprint density at radius 2 is 2.17 bits per heavy atom. The number of aromatic nitrogens is 1. The smallest absolute Gasteiger partial charge is 0.229 e. The summed E-state index contributed by atoms with van der Waals surface area (Å²) in [5, 5.41) is 6.74. The predicted octanol–water partition coefficient (Wildman–Crippen LogP) is 2.99. The van der Waals surface area contributed by atoms with Crippen LogP contribution in [0.5, 0.6) is 0 Å². The molecular weight excluding hydrogens is 306 g/mol. The maximum absolute atomic E-state index is 12.3. The van der Waals surface area contributed by atoms with Crippen LogP contribution in [0.2, 0.25) is 0 Å². The number of rotatable bonds is 4. The lowest BCUT2D eigenvalue weighted by Gasteiger charge is -2.27. The van der Waals surface area contributed by atoms with Crippen LogP contribution in [0.4, 0.5) is 11.4 Å². The van der Waals surface area contributed by atoms with Crippen molar-refractivity contribution in [2.75, 3.05) is 16.8 Å². The zero-order chi connectivity index (χ0) is 17.1. The van der Waals surface area contributed by atoms with Crippen LogP contribution in [0, 0.1) is 13.8 Å². The Morgan fingerprint density at radius 1 is 1.33 bits per heavy atom. The molecule has 1 aromatic carbocycles. The van der Waals surface area contributed by atoms with Gasteiger partial charge in [0.2, 0.25) is 11.8 Å². The monoisotopic (exact) mass is 327 g/mol. The van der Waals surface area contributed by atoms with Crippen LogP contribution in [0.15, 0.2) is 28.8 Å². The van der Waals surface area contributed by atoms with Crippen molar-refractivity contribution in [3.8, 4) is 0 Å². The van der Waals surface area contributed by atoms with Crippen molar-refractivity contribution >= 4 is 23.2 Å². The molecule has 126 valence electrons. The van der Waals surface area contributed by atoms with Crippen LogP contribution >= 0.6 is 0 Å². The summed E-state index contributed by atoms with van der Waals surface area (Å²) in [4.78, 5) is 26.1. The van der Waals surface area contributed by atoms with Crippen molar-refractivity contribution in [1.82, 2.24) is 5.16 Å². The SMILES string of the molecule is Cc1noc(C)c1CC(=O)Nc1cccc(N2CCCCC2=O)c1. The second-order valence-electron chi connectivity index (χ2n) is 6.08. The van der Waals surface area contributed by atoms with Gasteiger partial charge in [0, 0.05) is 29.9 Å². The van der Waals surface area contributed by atoms with Crippen LogP contribution < -0.4 is 10.2 Å². The Morgan fingerprint density at radius 3 is 2.88 bits per heavy atom. The van der Waals surface area contributed by atoms with Crippen LogP contribution in [-0.2, 0) is 16.0 Å². The first-order chi connectivity index (χ1) is 11.5. The van der Waals surface area contributed by atoms with E-state index in [-0.39, 0.29) is 18.2 Å². The highest BCUT2D eigenvalue weighted by Gasteiger charge is 2.20. The van der Waals surface area contributed by atoms with Crippen molar-refractivity contribution in [2.24, 2.45) is 0 Å². The largest absolute Gasteiger partial charge is 0.361 e. The molecule has 1 aromatic heterocycles. The average Bonchev–Trinajstić information content (AvgIpc) is 2.87. The highest BCUT2D eigenvalue weighted by atomic mass is 16.5. The maximum atomic E-state index is 12.3. The lowest BCUT2D eigenvalue weighted by Crippen LogP contribution is -2.35. The van der Waals surface area contributed by atoms with Crippen molar-refractivity contribution in [2.45, 2.75) is 39.5 Å². The molecule has 1 N–H and O–H groups in total. The van der Waals surface area contributed by atoms with Crippen LogP contribution in [0.1, 0.15) is 36.3 Å². The topological polar surface area (TPSA) is 75.4 Å². The Kier molecular flexibility index (Phi) is 4.64. The van der Waals surface area contributed by atoms with E-state index in [9.17, 15) is 9.59 Å². The van der Waals surface area contributed by atoms with Gasteiger partial charge in [0.25, 0.3) is 0 Å². The van der Waals surface area contributed by atoms with Gasteiger partial charge in [0.15, 0.2) is 0 Å². The van der Waals surface area contributed by atoms with E-state index in [4.69, 9.17) is 4.52 Å². The minimum absolute atomic E-state index is 0.133. The van der Waals surface area contributed by atoms with E-state index in [1.54, 1.807) is 11.8 Å². The summed E-state index contributed by atoms with van der Waals surface area (Å²) in [7, 11) is 0. The highest BCUT2D eigenvalue weighted by Crippen LogP contribution is 2.24. The number of nitrogens with one attached hydrogen (secondary N) is 1. The Hall–Kier alpha value is -2.63. The van der Waals surface area contributed by atoms with Gasteiger partial charge in [-0.25, -0.2) is 0 Å². The number of hydrogen-bond donors (Lipinski definition) is 1. The molecule has 0 aliphatic carbocycles. The molecule has 2 amide bonds. The summed E-state index contributed by atoms with van der Waals surface area (Å²) < 4.78 is 5.08. The van der Waals surface area contributed by atoms with E-state index in [2.05, 4.69) is 10.5 Å². The predicted molar refractivity (Wildman–Crippen MR) is 91.0 cm³/mol. The van der Waals surface area contributed by atoms with Crippen molar-refractivity contribution in [3.05, 3.63) is 41.3 Å². The molecule has 3 rings (SSSR count). The number of benzene rings is 1. The normalized spacial score (nSPS) is 14.8. The third kappa shape index (κ3) is 3.48. The summed E-state index contributed by atoms with van der Waals surface area (Å²) in [6, 6.07) is 7.41. The molecule has 0 unspecified atom stereocenters. The van der Waals surface area contributed by atoms with Crippen LogP contribution in [-0.4, -0.2) is 23.5 Å². The van der Waals surface area contributed by atoms with Gasteiger partial charge in [-0.15, -0.1) is 0 Å². The van der Waals surface area contributed by atoms with E-state index in [1.807, 2.05) is 31.2 Å². The third-order valence-electron chi connectivity index (χ3n) is 4.28. The molecule has 24 heavy (non-hydrogen) atoms. The molecule has 6 heteroatoms. The standard InChI is InChI=1S/C18H21N3O3/c1-12-16(13(2)24-20-12)11-17(22)19-14-6-5-7-15(10-14)21-9-4-3-8-18(21)23/h5-7,10H,3-4,8-9,11H2,1-2H3,(H,19,22). The van der Waals surface area contributed by atoms with Crippen LogP contribution in [0.25, 0.3) is 0 Å². The Labute approximate surface area is 140 Å². The fourth-order valence-corrected chi connectivity index (χ4v) is 2.95. The molecule has 0 spiro atoms. The Bertz CT molecular complexity index is 747. The number of amides is 2. The zero-order valence-electron chi connectivity index (χ0n) is 14.0. The van der Waals surface area contributed by atoms with E-state index in [0.717, 1.165) is 36.3 Å². The van der Waals surface area contributed by atoms with E-state index in [1.165, 1.54) is 0 Å². The van der Waals surface area contributed by atoms with Gasteiger partial charge in [-0.2, -0.15) is 0 Å². The molecule has 0 saturated carbocycles. The van der Waals surface area contributed by atoms with E-state index < -0.39 is 0 Å². The third-order valence-corrected chi connectivity index (χ3v) is 4.28. The Balaban J connectivity index is 1.70. The number of anilines is 2. The van der Waals surface area contributed by atoms with Gasteiger partial charge in [-0.3, -0.25) is 9.59 Å². The molecule has 1 aliphatic rings. The number of aryl methyl sites for hydroxylation is 2. The lowest BCUT2D eigenvalue weighted by molar-refractivity contribution is -0.119. The second kappa shape index (κ2) is 6.86. The summed E-state index contributed by atoms with van der Waals surface area (Å²) >= 11 is 0. The summed E-state index contributed by atoms with van der Waals surface area (Å²) in [5.41, 5.74) is 3.06. The van der Waals surface area contributed by atoms with E-state index in [0.29, 0.717) is 17.9 Å². The quantitative estimate of drug-likeness (QED) is 0.936. The van der Waals surface area contributed by atoms with Gasteiger partial charge in [0.1, 0.15) is 5.76 Å². The summed E-state index contributed by atoms with van der Waals surface area (Å²) in [5.74, 6) is 0.669. The first-order valence-corrected chi connectivity index (χ1v) is 8.16. The fraction of sp³-hybridized carbons (Fsp3) is 0.389. The van der Waals surface area contributed by atoms with Crippen molar-refractivity contribution in [3.63, 3.8) is 0 Å². The molecule has 6 nitrogen and oxygen atoms in total. The first-order valence-electron chi connectivity index (χ1n) is 8.16. The molecule has 0 bridgehead atoms. The molecular formula is C18H21N3O3. The molecule has 1 fully saturated rings. The van der Waals surface area contributed by atoms with Gasteiger partial charge in [-0.05, 0) is 44.9 Å². The molecule has 1 saturated heterocycles. The number of piperidine rings is 1. The number of nitrogens with zero attached hydrogens (tertiary/aromatic N) is 2. The number of carbonyl (C=O) groups excluding carboxylic acids is 2. The zero-order valence-corrected chi connectivity index (χ0v) is 14.0. The van der Waals surface area contributed by atoms with Crippen molar-refractivity contribution in [1.29, 1.82) is 0 Å². The van der Waals surface area contributed by atoms with E-state index >= 15 is 0 Å². The molecule has 2 heterocycles. The van der Waals surface area contributed by atoms with Crippen molar-refractivity contribution < 1.29 is 14.1 Å². The van der Waals surface area contributed by atoms with Crippen LogP contribution in [0.3, 0.4) is 0 Å². The minimum atomic E-state index is -0.133. The number of hydrogen-bond acceptors (Lipinski definition) is 4.